The number of methoxy groups -OCH3 is 1. The molecule has 250 valence electrons. The lowest BCUT2D eigenvalue weighted by Gasteiger charge is -2.31. The van der Waals surface area contributed by atoms with Gasteiger partial charge in [-0.15, -0.1) is 0 Å². The SMILES string of the molecule is COc1c(NC(=O)c2ccc(F)c(C(F)(F)F)c2)cccc1C(=O)Cc1c(Cl)cc(C(F)(C(F)(F)F)C(F)(F)F)cc1OC(F)F. The minimum absolute atomic E-state index is 0.171. The van der Waals surface area contributed by atoms with Gasteiger partial charge in [-0.25, -0.2) is 8.78 Å². The van der Waals surface area contributed by atoms with Crippen molar-refractivity contribution < 1.29 is 76.1 Å². The van der Waals surface area contributed by atoms with E-state index < -0.39 is 99.1 Å². The van der Waals surface area contributed by atoms with Crippen LogP contribution in [0.4, 0.5) is 62.8 Å². The number of ether oxygens (including phenoxy) is 2. The summed E-state index contributed by atoms with van der Waals surface area (Å²) in [5.41, 5.74) is -12.6. The number of anilines is 1. The Labute approximate surface area is 253 Å². The van der Waals surface area contributed by atoms with E-state index in [0.29, 0.717) is 12.1 Å². The van der Waals surface area contributed by atoms with E-state index in [1.165, 1.54) is 0 Å². The summed E-state index contributed by atoms with van der Waals surface area (Å²) in [6, 6.07) is 3.95. The zero-order valence-corrected chi connectivity index (χ0v) is 23.1. The summed E-state index contributed by atoms with van der Waals surface area (Å²) in [5.74, 6) is -6.11. The van der Waals surface area contributed by atoms with Crippen LogP contribution in [0.2, 0.25) is 5.02 Å². The molecule has 0 aliphatic heterocycles. The number of halogens is 14. The van der Waals surface area contributed by atoms with Crippen LogP contribution in [0.5, 0.6) is 11.5 Å². The zero-order valence-electron chi connectivity index (χ0n) is 22.3. The molecular weight excluding hydrogens is 685 g/mol. The molecule has 1 amide bonds. The Kier molecular flexibility index (Phi) is 10.2. The van der Waals surface area contributed by atoms with E-state index in [1.807, 2.05) is 0 Å². The molecule has 0 radical (unpaired) electrons. The Bertz CT molecular complexity index is 1620. The number of benzene rings is 3. The lowest BCUT2D eigenvalue weighted by atomic mass is 9.91. The van der Waals surface area contributed by atoms with Crippen LogP contribution >= 0.6 is 11.6 Å². The molecule has 3 rings (SSSR count). The van der Waals surface area contributed by atoms with Crippen LogP contribution in [0.1, 0.15) is 37.4 Å². The van der Waals surface area contributed by atoms with Crippen molar-refractivity contribution in [3.05, 3.63) is 87.2 Å². The van der Waals surface area contributed by atoms with Crippen LogP contribution in [0.15, 0.2) is 48.5 Å². The van der Waals surface area contributed by atoms with E-state index in [0.717, 1.165) is 25.3 Å². The highest BCUT2D eigenvalue weighted by molar-refractivity contribution is 6.32. The lowest BCUT2D eigenvalue weighted by molar-refractivity contribution is -0.348. The monoisotopic (exact) mass is 699 g/mol. The third-order valence-electron chi connectivity index (χ3n) is 6.19. The fraction of sp³-hybridized carbons (Fsp3) is 0.259. The van der Waals surface area contributed by atoms with Crippen molar-refractivity contribution in [2.24, 2.45) is 0 Å². The first-order valence-electron chi connectivity index (χ1n) is 12.0. The van der Waals surface area contributed by atoms with Gasteiger partial charge in [-0.1, -0.05) is 17.7 Å². The molecule has 46 heavy (non-hydrogen) atoms. The fourth-order valence-electron chi connectivity index (χ4n) is 4.08. The number of amides is 1. The minimum atomic E-state index is -6.64. The molecule has 3 aromatic rings. The highest BCUT2D eigenvalue weighted by atomic mass is 35.5. The number of hydrogen-bond acceptors (Lipinski definition) is 4. The van der Waals surface area contributed by atoms with Gasteiger partial charge in [-0.3, -0.25) is 9.59 Å². The van der Waals surface area contributed by atoms with Gasteiger partial charge in [-0.05, 0) is 42.5 Å². The number of carbonyl (C=O) groups excluding carboxylic acids is 2. The second-order valence-electron chi connectivity index (χ2n) is 9.10. The summed E-state index contributed by atoms with van der Waals surface area (Å²) < 4.78 is 182. The molecule has 0 unspecified atom stereocenters. The van der Waals surface area contributed by atoms with Crippen LogP contribution < -0.4 is 14.8 Å². The van der Waals surface area contributed by atoms with E-state index in [9.17, 15) is 66.7 Å². The standard InChI is InChI=1S/C27H15ClF13NO4/c1-45-21-13(3-2-4-18(21)42-22(44)11-5-6-17(29)15(7-11)25(33,34)35)19(43)10-14-16(28)8-12(9-20(14)46-23(30)31)24(32,26(36,37)38)27(39,40)41/h2-9,23H,10H2,1H3,(H,42,44). The highest BCUT2D eigenvalue weighted by Gasteiger charge is 2.73. The third kappa shape index (κ3) is 7.26. The smallest absolute Gasteiger partial charge is 0.435 e. The summed E-state index contributed by atoms with van der Waals surface area (Å²) in [6.07, 6.45) is -19.6. The summed E-state index contributed by atoms with van der Waals surface area (Å²) in [4.78, 5) is 25.8. The topological polar surface area (TPSA) is 64.6 Å². The molecule has 0 heterocycles. The van der Waals surface area contributed by atoms with Gasteiger partial charge in [0.25, 0.3) is 5.91 Å². The zero-order chi connectivity index (χ0) is 35.0. The number of ketones is 1. The molecule has 0 aliphatic rings. The van der Waals surface area contributed by atoms with Gasteiger partial charge in [0.15, 0.2) is 11.5 Å². The Morgan fingerprint density at radius 3 is 2.02 bits per heavy atom. The van der Waals surface area contributed by atoms with E-state index in [4.69, 9.17) is 16.3 Å². The Balaban J connectivity index is 2.04. The predicted octanol–water partition coefficient (Wildman–Crippen LogP) is 9.07. The largest absolute Gasteiger partial charge is 0.494 e. The Hall–Kier alpha value is -4.22. The molecule has 1 N–H and O–H groups in total. The molecular formula is C27H15ClF13NO4. The number of carbonyl (C=O) groups is 2. The van der Waals surface area contributed by atoms with Crippen LogP contribution in [0.25, 0.3) is 0 Å². The summed E-state index contributed by atoms with van der Waals surface area (Å²) in [5, 5.41) is 0.915. The van der Waals surface area contributed by atoms with Crippen molar-refractivity contribution in [1.82, 2.24) is 0 Å². The summed E-state index contributed by atoms with van der Waals surface area (Å²) in [7, 11) is 0.948. The second-order valence-corrected chi connectivity index (χ2v) is 9.51. The Morgan fingerprint density at radius 1 is 0.891 bits per heavy atom. The van der Waals surface area contributed by atoms with Crippen LogP contribution in [0, 0.1) is 5.82 Å². The molecule has 3 aromatic carbocycles. The molecule has 0 saturated heterocycles. The van der Waals surface area contributed by atoms with Gasteiger partial charge in [0.2, 0.25) is 0 Å². The van der Waals surface area contributed by atoms with Gasteiger partial charge in [-0.2, -0.15) is 48.3 Å². The van der Waals surface area contributed by atoms with Crippen molar-refractivity contribution in [3.63, 3.8) is 0 Å². The molecule has 0 fully saturated rings. The van der Waals surface area contributed by atoms with Crippen molar-refractivity contribution in [1.29, 1.82) is 0 Å². The number of nitrogens with one attached hydrogen (secondary N) is 1. The van der Waals surface area contributed by atoms with Crippen molar-refractivity contribution in [2.75, 3.05) is 12.4 Å². The average molecular weight is 700 g/mol. The van der Waals surface area contributed by atoms with E-state index in [-0.39, 0.29) is 23.9 Å². The number of alkyl halides is 12. The number of hydrogen-bond donors (Lipinski definition) is 1. The van der Waals surface area contributed by atoms with Crippen LogP contribution in [-0.4, -0.2) is 37.8 Å². The van der Waals surface area contributed by atoms with Gasteiger partial charge >= 0.3 is 30.8 Å². The summed E-state index contributed by atoms with van der Waals surface area (Å²) in [6.45, 7) is -3.90. The van der Waals surface area contributed by atoms with E-state index in [2.05, 4.69) is 10.1 Å². The van der Waals surface area contributed by atoms with E-state index in [1.54, 1.807) is 0 Å². The van der Waals surface area contributed by atoms with E-state index >= 15 is 0 Å². The van der Waals surface area contributed by atoms with Gasteiger partial charge < -0.3 is 14.8 Å². The Morgan fingerprint density at radius 2 is 1.50 bits per heavy atom. The lowest BCUT2D eigenvalue weighted by Crippen LogP contribution is -2.50. The minimum Gasteiger partial charge on any atom is -0.494 e. The molecule has 0 saturated carbocycles. The summed E-state index contributed by atoms with van der Waals surface area (Å²) >= 11 is 5.78. The normalized spacial score (nSPS) is 12.7. The number of para-hydroxylation sites is 1. The molecule has 0 spiro atoms. The van der Waals surface area contributed by atoms with Crippen LogP contribution in [0.3, 0.4) is 0 Å². The molecule has 0 aliphatic carbocycles. The predicted molar refractivity (Wildman–Crippen MR) is 133 cm³/mol. The average Bonchev–Trinajstić information content (AvgIpc) is 2.92. The first kappa shape index (κ1) is 36.3. The van der Waals surface area contributed by atoms with Gasteiger partial charge in [0.05, 0.1) is 23.9 Å². The van der Waals surface area contributed by atoms with Crippen LogP contribution in [-0.2, 0) is 18.3 Å². The quantitative estimate of drug-likeness (QED) is 0.179. The van der Waals surface area contributed by atoms with Gasteiger partial charge in [0.1, 0.15) is 11.6 Å². The maximum Gasteiger partial charge on any atom is 0.435 e. The van der Waals surface area contributed by atoms with Crippen molar-refractivity contribution in [3.8, 4) is 11.5 Å². The number of rotatable bonds is 9. The molecule has 0 bridgehead atoms. The molecule has 0 atom stereocenters. The van der Waals surface area contributed by atoms with Crippen molar-refractivity contribution >= 4 is 29.0 Å². The molecule has 0 aromatic heterocycles. The first-order valence-corrected chi connectivity index (χ1v) is 12.4. The first-order chi connectivity index (χ1) is 21.0. The maximum atomic E-state index is 14.6. The van der Waals surface area contributed by atoms with Crippen molar-refractivity contribution in [2.45, 2.75) is 37.2 Å². The maximum absolute atomic E-state index is 14.6. The fourth-order valence-corrected chi connectivity index (χ4v) is 4.36. The number of Topliss-reactive ketones (excluding diaryl/α,β-unsaturated/α-hetero) is 1. The second kappa shape index (κ2) is 12.9. The van der Waals surface area contributed by atoms with Gasteiger partial charge in [0, 0.05) is 28.1 Å². The molecule has 19 heteroatoms. The molecule has 5 nitrogen and oxygen atoms in total. The third-order valence-corrected chi connectivity index (χ3v) is 6.53. The highest BCUT2D eigenvalue weighted by Crippen LogP contribution is 2.54.